The average Bonchev–Trinajstić information content (AvgIpc) is 2.82. The van der Waals surface area contributed by atoms with E-state index in [2.05, 4.69) is 19.9 Å². The molecule has 19 heavy (non-hydrogen) atoms. The van der Waals surface area contributed by atoms with E-state index >= 15 is 0 Å². The van der Waals surface area contributed by atoms with Crippen LogP contribution in [0.4, 0.5) is 0 Å². The van der Waals surface area contributed by atoms with Crippen molar-refractivity contribution >= 4 is 11.2 Å². The third-order valence-electron chi connectivity index (χ3n) is 2.92. The standard InChI is InChI=1S/C12H11N5O2/c1-6-5-7(3-4-13-6)9-14-8-10(15-9)17(2)12(19)16-11(8)18/h3-5H,1-2H3,(H,14,15)(H,16,18,19). The van der Waals surface area contributed by atoms with Gasteiger partial charge < -0.3 is 4.98 Å². The van der Waals surface area contributed by atoms with Crippen LogP contribution in [0, 0.1) is 6.92 Å². The molecule has 7 heteroatoms. The van der Waals surface area contributed by atoms with Gasteiger partial charge in [0.25, 0.3) is 5.56 Å². The average molecular weight is 257 g/mol. The lowest BCUT2D eigenvalue weighted by molar-refractivity contribution is 0.832. The molecule has 3 rings (SSSR count). The van der Waals surface area contributed by atoms with E-state index in [1.807, 2.05) is 13.0 Å². The molecule has 3 heterocycles. The van der Waals surface area contributed by atoms with Gasteiger partial charge in [-0.25, -0.2) is 9.78 Å². The third-order valence-corrected chi connectivity index (χ3v) is 2.92. The van der Waals surface area contributed by atoms with Crippen LogP contribution in [0.2, 0.25) is 0 Å². The van der Waals surface area contributed by atoms with Crippen LogP contribution < -0.4 is 11.2 Å². The van der Waals surface area contributed by atoms with Gasteiger partial charge in [-0.15, -0.1) is 0 Å². The smallest absolute Gasteiger partial charge is 0.329 e. The predicted octanol–water partition coefficient (Wildman–Crippen LogP) is 0.320. The number of pyridine rings is 1. The van der Waals surface area contributed by atoms with Crippen LogP contribution in [0.1, 0.15) is 5.69 Å². The van der Waals surface area contributed by atoms with Crippen molar-refractivity contribution in [3.63, 3.8) is 0 Å². The molecule has 7 nitrogen and oxygen atoms in total. The summed E-state index contributed by atoms with van der Waals surface area (Å²) >= 11 is 0. The van der Waals surface area contributed by atoms with Gasteiger partial charge in [-0.3, -0.25) is 19.3 Å². The van der Waals surface area contributed by atoms with Gasteiger partial charge in [-0.05, 0) is 19.1 Å². The van der Waals surface area contributed by atoms with Gasteiger partial charge in [0.1, 0.15) is 11.3 Å². The Balaban J connectivity index is 2.34. The van der Waals surface area contributed by atoms with Gasteiger partial charge in [0.05, 0.1) is 0 Å². The minimum Gasteiger partial charge on any atom is -0.332 e. The van der Waals surface area contributed by atoms with Gasteiger partial charge in [-0.2, -0.15) is 0 Å². The SMILES string of the molecule is Cc1cc(-c2nc3c([nH]2)c(=O)[nH]c(=O)n3C)ccn1. The third kappa shape index (κ3) is 1.75. The Hall–Kier alpha value is -2.70. The summed E-state index contributed by atoms with van der Waals surface area (Å²) in [6, 6.07) is 3.64. The van der Waals surface area contributed by atoms with Gasteiger partial charge in [-0.1, -0.05) is 0 Å². The van der Waals surface area contributed by atoms with Crippen molar-refractivity contribution in [2.45, 2.75) is 6.92 Å². The molecule has 0 saturated heterocycles. The normalized spacial score (nSPS) is 11.1. The van der Waals surface area contributed by atoms with Crippen molar-refractivity contribution < 1.29 is 0 Å². The number of nitrogens with zero attached hydrogens (tertiary/aromatic N) is 3. The fourth-order valence-electron chi connectivity index (χ4n) is 1.93. The number of hydrogen-bond donors (Lipinski definition) is 2. The highest BCUT2D eigenvalue weighted by Crippen LogP contribution is 2.17. The van der Waals surface area contributed by atoms with Crippen molar-refractivity contribution in [2.75, 3.05) is 0 Å². The lowest BCUT2D eigenvalue weighted by Crippen LogP contribution is -2.28. The van der Waals surface area contributed by atoms with E-state index in [1.165, 1.54) is 4.57 Å². The lowest BCUT2D eigenvalue weighted by Gasteiger charge is -1.96. The fourth-order valence-corrected chi connectivity index (χ4v) is 1.93. The molecule has 0 unspecified atom stereocenters. The van der Waals surface area contributed by atoms with E-state index in [4.69, 9.17) is 0 Å². The highest BCUT2D eigenvalue weighted by atomic mass is 16.2. The molecular formula is C12H11N5O2. The topological polar surface area (TPSA) is 96.4 Å². The number of aromatic amines is 2. The summed E-state index contributed by atoms with van der Waals surface area (Å²) in [6.07, 6.45) is 1.67. The molecule has 0 aliphatic carbocycles. The first-order valence-corrected chi connectivity index (χ1v) is 5.68. The molecule has 3 aromatic rings. The molecule has 2 N–H and O–H groups in total. The zero-order valence-electron chi connectivity index (χ0n) is 10.4. The van der Waals surface area contributed by atoms with Crippen molar-refractivity contribution in [2.24, 2.45) is 7.05 Å². The van der Waals surface area contributed by atoms with E-state index in [0.29, 0.717) is 11.5 Å². The van der Waals surface area contributed by atoms with Crippen LogP contribution in [0.25, 0.3) is 22.6 Å². The van der Waals surface area contributed by atoms with Gasteiger partial charge in [0, 0.05) is 24.5 Å². The Bertz CT molecular complexity index is 887. The highest BCUT2D eigenvalue weighted by molar-refractivity contribution is 5.75. The Labute approximate surface area is 107 Å². The quantitative estimate of drug-likeness (QED) is 0.656. The number of hydrogen-bond acceptors (Lipinski definition) is 4. The molecule has 0 aromatic carbocycles. The molecule has 0 saturated carbocycles. The largest absolute Gasteiger partial charge is 0.332 e. The summed E-state index contributed by atoms with van der Waals surface area (Å²) < 4.78 is 1.30. The molecule has 0 bridgehead atoms. The molecule has 0 spiro atoms. The molecule has 96 valence electrons. The molecule has 0 radical (unpaired) electrons. The van der Waals surface area contributed by atoms with Crippen molar-refractivity contribution in [1.82, 2.24) is 24.5 Å². The Morgan fingerprint density at radius 1 is 1.26 bits per heavy atom. The van der Waals surface area contributed by atoms with E-state index in [1.54, 1.807) is 19.3 Å². The van der Waals surface area contributed by atoms with Crippen LogP contribution in [0.15, 0.2) is 27.9 Å². The van der Waals surface area contributed by atoms with Gasteiger partial charge in [0.2, 0.25) is 0 Å². The van der Waals surface area contributed by atoms with Crippen LogP contribution >= 0.6 is 0 Å². The summed E-state index contributed by atoms with van der Waals surface area (Å²) in [5.74, 6) is 0.534. The molecule has 0 atom stereocenters. The summed E-state index contributed by atoms with van der Waals surface area (Å²) in [7, 11) is 1.56. The van der Waals surface area contributed by atoms with Gasteiger partial charge >= 0.3 is 5.69 Å². The minimum atomic E-state index is -0.485. The van der Waals surface area contributed by atoms with Crippen molar-refractivity contribution in [3.8, 4) is 11.4 Å². The zero-order chi connectivity index (χ0) is 13.6. The summed E-state index contributed by atoms with van der Waals surface area (Å²) in [5.41, 5.74) is 1.32. The number of rotatable bonds is 1. The van der Waals surface area contributed by atoms with Gasteiger partial charge in [0.15, 0.2) is 5.65 Å². The maximum absolute atomic E-state index is 11.7. The molecule has 0 fully saturated rings. The van der Waals surface area contributed by atoms with E-state index in [-0.39, 0.29) is 5.52 Å². The monoisotopic (exact) mass is 257 g/mol. The first-order valence-electron chi connectivity index (χ1n) is 5.68. The Morgan fingerprint density at radius 3 is 2.79 bits per heavy atom. The van der Waals surface area contributed by atoms with Crippen molar-refractivity contribution in [1.29, 1.82) is 0 Å². The molecular weight excluding hydrogens is 246 g/mol. The highest BCUT2D eigenvalue weighted by Gasteiger charge is 2.11. The molecule has 0 aliphatic heterocycles. The Morgan fingerprint density at radius 2 is 2.05 bits per heavy atom. The van der Waals surface area contributed by atoms with Crippen LogP contribution in [-0.4, -0.2) is 24.5 Å². The number of aryl methyl sites for hydroxylation is 2. The minimum absolute atomic E-state index is 0.284. The van der Waals surface area contributed by atoms with Crippen LogP contribution in [0.3, 0.4) is 0 Å². The van der Waals surface area contributed by atoms with Crippen molar-refractivity contribution in [3.05, 3.63) is 44.9 Å². The fraction of sp³-hybridized carbons (Fsp3) is 0.167. The Kier molecular flexibility index (Phi) is 2.34. The number of H-pyrrole nitrogens is 2. The first-order chi connectivity index (χ1) is 9.06. The number of imidazole rings is 1. The number of aromatic nitrogens is 5. The molecule has 0 amide bonds. The van der Waals surface area contributed by atoms with Crippen LogP contribution in [0.5, 0.6) is 0 Å². The summed E-state index contributed by atoms with van der Waals surface area (Å²) in [4.78, 5) is 36.8. The second-order valence-corrected chi connectivity index (χ2v) is 4.29. The predicted molar refractivity (Wildman–Crippen MR) is 69.9 cm³/mol. The second-order valence-electron chi connectivity index (χ2n) is 4.29. The van der Waals surface area contributed by atoms with E-state index < -0.39 is 11.2 Å². The first kappa shape index (κ1) is 11.4. The molecule has 0 aliphatic rings. The molecule has 3 aromatic heterocycles. The lowest BCUT2D eigenvalue weighted by atomic mass is 10.2. The van der Waals surface area contributed by atoms with E-state index in [9.17, 15) is 9.59 Å². The summed E-state index contributed by atoms with van der Waals surface area (Å²) in [5, 5.41) is 0. The number of fused-ring (bicyclic) bond motifs is 1. The maximum Gasteiger partial charge on any atom is 0.329 e. The zero-order valence-corrected chi connectivity index (χ0v) is 10.4. The van der Waals surface area contributed by atoms with E-state index in [0.717, 1.165) is 11.3 Å². The maximum atomic E-state index is 11.7. The summed E-state index contributed by atoms with van der Waals surface area (Å²) in [6.45, 7) is 1.87. The second kappa shape index (κ2) is 3.91. The number of nitrogens with one attached hydrogen (secondary N) is 2. The van der Waals surface area contributed by atoms with Crippen LogP contribution in [-0.2, 0) is 7.05 Å².